The summed E-state index contributed by atoms with van der Waals surface area (Å²) in [5.74, 6) is 0.949. The Morgan fingerprint density at radius 2 is 2.08 bits per heavy atom. The first kappa shape index (κ1) is 18.4. The second-order valence-corrected chi connectivity index (χ2v) is 7.17. The molecule has 3 rings (SSSR count). The third kappa shape index (κ3) is 4.80. The molecule has 0 fully saturated rings. The van der Waals surface area contributed by atoms with Crippen molar-refractivity contribution in [3.8, 4) is 0 Å². The van der Waals surface area contributed by atoms with Gasteiger partial charge in [0.15, 0.2) is 5.82 Å². The van der Waals surface area contributed by atoms with Crippen LogP contribution >= 0.6 is 11.3 Å². The Hall–Kier alpha value is -2.44. The largest absolute Gasteiger partial charge is 0.360 e. The number of hydrogen-bond acceptors (Lipinski definition) is 5. The van der Waals surface area contributed by atoms with Crippen LogP contribution < -0.4 is 10.6 Å². The number of amides is 1. The van der Waals surface area contributed by atoms with E-state index in [-0.39, 0.29) is 18.5 Å². The molecule has 0 saturated heterocycles. The number of rotatable bonds is 8. The Kier molecular flexibility index (Phi) is 6.20. The summed E-state index contributed by atoms with van der Waals surface area (Å²) < 4.78 is 4.97. The van der Waals surface area contributed by atoms with Gasteiger partial charge in [0.1, 0.15) is 5.76 Å². The number of carbonyl (C=O) groups excluding carboxylic acids is 1. The first-order valence-electron chi connectivity index (χ1n) is 8.74. The van der Waals surface area contributed by atoms with Gasteiger partial charge in [0, 0.05) is 10.9 Å². The molecule has 0 spiro atoms. The summed E-state index contributed by atoms with van der Waals surface area (Å²) in [6.45, 7) is 4.15. The van der Waals surface area contributed by atoms with Crippen LogP contribution in [0.3, 0.4) is 0 Å². The summed E-state index contributed by atoms with van der Waals surface area (Å²) >= 11 is 1.68. The third-order valence-corrected chi connectivity index (χ3v) is 4.98. The van der Waals surface area contributed by atoms with Crippen LogP contribution in [-0.4, -0.2) is 17.6 Å². The van der Waals surface area contributed by atoms with Crippen LogP contribution in [0, 0.1) is 6.92 Å². The first-order valence-corrected chi connectivity index (χ1v) is 9.62. The standard InChI is InChI=1S/C20H23N3O2S/c1-3-5-15-7-9-16(10-8-15)20(17-6-4-11-26-17)21-13-19(24)22-18-12-14(2)25-23-18/h4,6-12,20-21H,3,5,13H2,1-2H3,(H,22,23,24)/t20-/m0/s1. The summed E-state index contributed by atoms with van der Waals surface area (Å²) in [7, 11) is 0. The van der Waals surface area contributed by atoms with Gasteiger partial charge in [0.25, 0.3) is 0 Å². The van der Waals surface area contributed by atoms with Crippen LogP contribution in [-0.2, 0) is 11.2 Å². The minimum atomic E-state index is -0.151. The highest BCUT2D eigenvalue weighted by Crippen LogP contribution is 2.26. The number of anilines is 1. The van der Waals surface area contributed by atoms with Crippen molar-refractivity contribution in [2.75, 3.05) is 11.9 Å². The third-order valence-electron chi connectivity index (χ3n) is 4.04. The second-order valence-electron chi connectivity index (χ2n) is 6.19. The van der Waals surface area contributed by atoms with Crippen molar-refractivity contribution in [2.24, 2.45) is 0 Å². The van der Waals surface area contributed by atoms with E-state index in [9.17, 15) is 4.79 Å². The fraction of sp³-hybridized carbons (Fsp3) is 0.300. The molecule has 1 atom stereocenters. The van der Waals surface area contributed by atoms with Crippen molar-refractivity contribution in [1.82, 2.24) is 10.5 Å². The first-order chi connectivity index (χ1) is 12.7. The maximum absolute atomic E-state index is 12.2. The molecule has 0 aliphatic heterocycles. The molecule has 0 saturated carbocycles. The molecular formula is C20H23N3O2S. The van der Waals surface area contributed by atoms with Gasteiger partial charge in [-0.2, -0.15) is 0 Å². The van der Waals surface area contributed by atoms with Gasteiger partial charge in [0.05, 0.1) is 12.6 Å². The summed E-state index contributed by atoms with van der Waals surface area (Å²) in [5.41, 5.74) is 2.48. The number of carbonyl (C=O) groups is 1. The molecule has 2 aromatic heterocycles. The SMILES string of the molecule is CCCc1ccc([C@H](NCC(=O)Nc2cc(C)on2)c2cccs2)cc1. The zero-order valence-electron chi connectivity index (χ0n) is 15.0. The normalized spacial score (nSPS) is 12.1. The topological polar surface area (TPSA) is 67.2 Å². The van der Waals surface area contributed by atoms with Crippen molar-refractivity contribution in [3.63, 3.8) is 0 Å². The summed E-state index contributed by atoms with van der Waals surface area (Å²) in [4.78, 5) is 13.4. The van der Waals surface area contributed by atoms with E-state index in [0.717, 1.165) is 18.4 Å². The Balaban J connectivity index is 1.67. The van der Waals surface area contributed by atoms with Crippen molar-refractivity contribution in [3.05, 3.63) is 69.6 Å². The average Bonchev–Trinajstić information content (AvgIpc) is 3.29. The molecule has 0 radical (unpaired) electrons. The van der Waals surface area contributed by atoms with Crippen LogP contribution in [0.4, 0.5) is 5.82 Å². The quantitative estimate of drug-likeness (QED) is 0.621. The number of nitrogens with zero attached hydrogens (tertiary/aromatic N) is 1. The minimum absolute atomic E-state index is 0.0181. The van der Waals surface area contributed by atoms with Crippen LogP contribution in [0.25, 0.3) is 0 Å². The second kappa shape index (κ2) is 8.78. The van der Waals surface area contributed by atoms with Crippen LogP contribution in [0.15, 0.2) is 52.4 Å². The maximum atomic E-state index is 12.2. The highest BCUT2D eigenvalue weighted by molar-refractivity contribution is 7.10. The molecule has 2 heterocycles. The molecule has 0 aliphatic rings. The number of benzene rings is 1. The highest BCUT2D eigenvalue weighted by Gasteiger charge is 2.16. The lowest BCUT2D eigenvalue weighted by Crippen LogP contribution is -2.31. The predicted octanol–water partition coefficient (Wildman–Crippen LogP) is 4.31. The lowest BCUT2D eigenvalue weighted by atomic mass is 10.0. The molecule has 0 unspecified atom stereocenters. The van der Waals surface area contributed by atoms with E-state index in [0.29, 0.717) is 11.6 Å². The van der Waals surface area contributed by atoms with Crippen LogP contribution in [0.5, 0.6) is 0 Å². The number of aryl methyl sites for hydroxylation is 2. The highest BCUT2D eigenvalue weighted by atomic mass is 32.1. The van der Waals surface area contributed by atoms with Gasteiger partial charge in [0.2, 0.25) is 5.91 Å². The van der Waals surface area contributed by atoms with Crippen molar-refractivity contribution < 1.29 is 9.32 Å². The molecule has 1 amide bonds. The van der Waals surface area contributed by atoms with Crippen LogP contribution in [0.1, 0.15) is 41.2 Å². The molecule has 1 aromatic carbocycles. The Morgan fingerprint density at radius 1 is 1.27 bits per heavy atom. The lowest BCUT2D eigenvalue weighted by Gasteiger charge is -2.18. The Morgan fingerprint density at radius 3 is 2.69 bits per heavy atom. The van der Waals surface area contributed by atoms with Gasteiger partial charge in [-0.05, 0) is 35.9 Å². The number of nitrogens with one attached hydrogen (secondary N) is 2. The molecule has 5 nitrogen and oxygen atoms in total. The molecule has 3 aromatic rings. The molecule has 136 valence electrons. The number of hydrogen-bond donors (Lipinski definition) is 2. The molecule has 0 bridgehead atoms. The van der Waals surface area contributed by atoms with E-state index in [1.807, 2.05) is 11.4 Å². The smallest absolute Gasteiger partial charge is 0.239 e. The van der Waals surface area contributed by atoms with E-state index >= 15 is 0 Å². The fourth-order valence-electron chi connectivity index (χ4n) is 2.81. The van der Waals surface area contributed by atoms with Gasteiger partial charge < -0.3 is 9.84 Å². The summed E-state index contributed by atoms with van der Waals surface area (Å²) in [6.07, 6.45) is 2.21. The van der Waals surface area contributed by atoms with E-state index in [1.165, 1.54) is 10.4 Å². The van der Waals surface area contributed by atoms with Gasteiger partial charge in [-0.1, -0.05) is 48.8 Å². The van der Waals surface area contributed by atoms with Gasteiger partial charge in [-0.25, -0.2) is 0 Å². The molecule has 6 heteroatoms. The molecule has 26 heavy (non-hydrogen) atoms. The summed E-state index contributed by atoms with van der Waals surface area (Å²) in [6, 6.07) is 14.4. The number of thiophene rings is 1. The van der Waals surface area contributed by atoms with E-state index in [4.69, 9.17) is 4.52 Å². The van der Waals surface area contributed by atoms with Crippen LogP contribution in [0.2, 0.25) is 0 Å². The van der Waals surface area contributed by atoms with E-state index in [1.54, 1.807) is 24.3 Å². The van der Waals surface area contributed by atoms with Crippen molar-refractivity contribution in [2.45, 2.75) is 32.7 Å². The maximum Gasteiger partial charge on any atom is 0.239 e. The van der Waals surface area contributed by atoms with E-state index in [2.05, 4.69) is 53.0 Å². The van der Waals surface area contributed by atoms with E-state index < -0.39 is 0 Å². The van der Waals surface area contributed by atoms with Gasteiger partial charge in [-0.3, -0.25) is 10.1 Å². The zero-order chi connectivity index (χ0) is 18.4. The zero-order valence-corrected chi connectivity index (χ0v) is 15.8. The minimum Gasteiger partial charge on any atom is -0.360 e. The molecular weight excluding hydrogens is 346 g/mol. The van der Waals surface area contributed by atoms with Crippen molar-refractivity contribution in [1.29, 1.82) is 0 Å². The number of aromatic nitrogens is 1. The molecule has 0 aliphatic carbocycles. The predicted molar refractivity (Wildman–Crippen MR) is 104 cm³/mol. The Labute approximate surface area is 157 Å². The monoisotopic (exact) mass is 369 g/mol. The van der Waals surface area contributed by atoms with Crippen molar-refractivity contribution >= 4 is 23.1 Å². The Bertz CT molecular complexity index is 825. The van der Waals surface area contributed by atoms with Gasteiger partial charge >= 0.3 is 0 Å². The average molecular weight is 369 g/mol. The molecule has 2 N–H and O–H groups in total. The lowest BCUT2D eigenvalue weighted by molar-refractivity contribution is -0.115. The fourth-order valence-corrected chi connectivity index (χ4v) is 3.64. The van der Waals surface area contributed by atoms with Gasteiger partial charge in [-0.15, -0.1) is 11.3 Å². The summed E-state index contributed by atoms with van der Waals surface area (Å²) in [5, 5.41) is 11.9.